The molecule has 0 aliphatic carbocycles. The Hall–Kier alpha value is -1.75. The fourth-order valence-corrected chi connectivity index (χ4v) is 3.95. The van der Waals surface area contributed by atoms with Crippen LogP contribution in [0.5, 0.6) is 0 Å². The van der Waals surface area contributed by atoms with Crippen LogP contribution in [0, 0.1) is 11.8 Å². The highest BCUT2D eigenvalue weighted by atomic mass is 35.5. The third kappa shape index (κ3) is 5.13. The molecule has 0 aromatic heterocycles. The summed E-state index contributed by atoms with van der Waals surface area (Å²) < 4.78 is 0. The van der Waals surface area contributed by atoms with Gasteiger partial charge in [-0.3, -0.25) is 9.59 Å². The second-order valence-electron chi connectivity index (χ2n) is 7.61. The summed E-state index contributed by atoms with van der Waals surface area (Å²) in [6.07, 6.45) is 4.32. The van der Waals surface area contributed by atoms with Crippen LogP contribution in [0.15, 0.2) is 24.3 Å². The lowest BCUT2D eigenvalue weighted by Gasteiger charge is -2.37. The van der Waals surface area contributed by atoms with Crippen molar-refractivity contribution in [3.05, 3.63) is 29.8 Å². The number of benzene rings is 1. The molecule has 2 N–H and O–H groups in total. The topological polar surface area (TPSA) is 66.6 Å². The van der Waals surface area contributed by atoms with Crippen molar-refractivity contribution in [1.29, 1.82) is 0 Å². The molecule has 2 amide bonds. The number of nitrogens with two attached hydrogens (primary N) is 1. The lowest BCUT2D eigenvalue weighted by molar-refractivity contribution is -0.141. The summed E-state index contributed by atoms with van der Waals surface area (Å²) in [5, 5.41) is 0. The fourth-order valence-electron chi connectivity index (χ4n) is 3.95. The molecule has 1 atom stereocenters. The van der Waals surface area contributed by atoms with Crippen LogP contribution >= 0.6 is 12.4 Å². The van der Waals surface area contributed by atoms with E-state index in [9.17, 15) is 9.59 Å². The number of carbonyl (C=O) groups excluding carboxylic acids is 2. The number of amides is 2. The van der Waals surface area contributed by atoms with Crippen LogP contribution < -0.4 is 5.73 Å². The number of nitrogens with zero attached hydrogens (tertiary/aromatic N) is 2. The third-order valence-corrected chi connectivity index (χ3v) is 5.50. The molecule has 3 rings (SSSR count). The van der Waals surface area contributed by atoms with Crippen LogP contribution in [0.2, 0.25) is 0 Å². The number of likely N-dealkylation sites (tertiary alicyclic amines) is 2. The molecule has 0 saturated carbocycles. The summed E-state index contributed by atoms with van der Waals surface area (Å²) >= 11 is 0. The maximum absolute atomic E-state index is 12.7. The number of rotatable bonds is 3. The van der Waals surface area contributed by atoms with Gasteiger partial charge in [-0.2, -0.15) is 0 Å². The van der Waals surface area contributed by atoms with Crippen molar-refractivity contribution in [3.63, 3.8) is 0 Å². The van der Waals surface area contributed by atoms with Gasteiger partial charge in [-0.1, -0.05) is 19.1 Å². The minimum Gasteiger partial charge on any atom is -0.399 e. The van der Waals surface area contributed by atoms with E-state index in [1.807, 2.05) is 34.1 Å². The van der Waals surface area contributed by atoms with Gasteiger partial charge in [-0.05, 0) is 49.3 Å². The van der Waals surface area contributed by atoms with Crippen LogP contribution in [0.1, 0.15) is 38.2 Å². The minimum atomic E-state index is 0. The number of hydrogen-bond donors (Lipinski definition) is 1. The number of piperidine rings is 2. The molecule has 2 heterocycles. The number of anilines is 1. The first-order chi connectivity index (χ1) is 12.0. The first kappa shape index (κ1) is 20.6. The zero-order valence-electron chi connectivity index (χ0n) is 15.5. The Morgan fingerprint density at radius 3 is 2.31 bits per heavy atom. The smallest absolute Gasteiger partial charge is 0.226 e. The quantitative estimate of drug-likeness (QED) is 0.821. The van der Waals surface area contributed by atoms with E-state index in [0.717, 1.165) is 37.9 Å². The van der Waals surface area contributed by atoms with Gasteiger partial charge in [0.1, 0.15) is 0 Å². The maximum atomic E-state index is 12.7. The van der Waals surface area contributed by atoms with Crippen molar-refractivity contribution in [2.45, 2.75) is 39.0 Å². The second-order valence-corrected chi connectivity index (χ2v) is 7.61. The van der Waals surface area contributed by atoms with Crippen molar-refractivity contribution < 1.29 is 9.59 Å². The highest BCUT2D eigenvalue weighted by Crippen LogP contribution is 2.24. The van der Waals surface area contributed by atoms with E-state index < -0.39 is 0 Å². The Labute approximate surface area is 162 Å². The summed E-state index contributed by atoms with van der Waals surface area (Å²) in [6.45, 7) is 5.40. The number of hydrogen-bond acceptors (Lipinski definition) is 3. The molecular formula is C20H30ClN3O2. The van der Waals surface area contributed by atoms with Gasteiger partial charge in [-0.25, -0.2) is 0 Å². The lowest BCUT2D eigenvalue weighted by atomic mass is 9.92. The SMILES string of the molecule is CC1CCCN(C(=O)C2CCN(C(=O)Cc3ccc(N)cc3)CC2)C1.Cl. The Morgan fingerprint density at radius 2 is 1.69 bits per heavy atom. The van der Waals surface area contributed by atoms with E-state index >= 15 is 0 Å². The molecule has 6 heteroatoms. The normalized spacial score (nSPS) is 21.2. The second kappa shape index (κ2) is 9.26. The van der Waals surface area contributed by atoms with Gasteiger partial charge in [0.25, 0.3) is 0 Å². The number of carbonyl (C=O) groups is 2. The summed E-state index contributed by atoms with van der Waals surface area (Å²) in [7, 11) is 0. The monoisotopic (exact) mass is 379 g/mol. The van der Waals surface area contributed by atoms with E-state index in [4.69, 9.17) is 5.73 Å². The first-order valence-corrected chi connectivity index (χ1v) is 9.44. The summed E-state index contributed by atoms with van der Waals surface area (Å²) in [4.78, 5) is 29.1. The predicted octanol–water partition coefficient (Wildman–Crippen LogP) is 2.73. The van der Waals surface area contributed by atoms with Crippen LogP contribution in [-0.2, 0) is 16.0 Å². The van der Waals surface area contributed by atoms with E-state index in [-0.39, 0.29) is 24.2 Å². The molecule has 2 fully saturated rings. The number of nitrogen functional groups attached to an aromatic ring is 1. The van der Waals surface area contributed by atoms with Crippen LogP contribution in [0.25, 0.3) is 0 Å². The van der Waals surface area contributed by atoms with Crippen LogP contribution in [0.3, 0.4) is 0 Å². The maximum Gasteiger partial charge on any atom is 0.226 e. The zero-order chi connectivity index (χ0) is 17.8. The summed E-state index contributed by atoms with van der Waals surface area (Å²) in [6, 6.07) is 7.46. The summed E-state index contributed by atoms with van der Waals surface area (Å²) in [5.74, 6) is 1.14. The standard InChI is InChI=1S/C20H29N3O2.ClH/c1-15-3-2-10-23(14-15)20(25)17-8-11-22(12-9-17)19(24)13-16-4-6-18(21)7-5-16;/h4-7,15,17H,2-3,8-14,21H2,1H3;1H. The Balaban J connectivity index is 0.00000243. The average Bonchev–Trinajstić information content (AvgIpc) is 2.63. The molecular weight excluding hydrogens is 350 g/mol. The van der Waals surface area contributed by atoms with Crippen LogP contribution in [-0.4, -0.2) is 47.8 Å². The Morgan fingerprint density at radius 1 is 1.04 bits per heavy atom. The highest BCUT2D eigenvalue weighted by Gasteiger charge is 2.31. The number of halogens is 1. The molecule has 5 nitrogen and oxygen atoms in total. The summed E-state index contributed by atoms with van der Waals surface area (Å²) in [5.41, 5.74) is 7.38. The van der Waals surface area contributed by atoms with E-state index in [2.05, 4.69) is 6.92 Å². The Bertz CT molecular complexity index is 612. The molecule has 0 radical (unpaired) electrons. The molecule has 2 aliphatic heterocycles. The van der Waals surface area contributed by atoms with Gasteiger partial charge in [-0.15, -0.1) is 12.4 Å². The molecule has 144 valence electrons. The molecule has 0 spiro atoms. The highest BCUT2D eigenvalue weighted by molar-refractivity contribution is 5.85. The molecule has 1 unspecified atom stereocenters. The largest absolute Gasteiger partial charge is 0.399 e. The predicted molar refractivity (Wildman–Crippen MR) is 106 cm³/mol. The zero-order valence-corrected chi connectivity index (χ0v) is 16.3. The lowest BCUT2D eigenvalue weighted by Crippen LogP contribution is -2.47. The van der Waals surface area contributed by atoms with Crippen molar-refractivity contribution in [2.24, 2.45) is 11.8 Å². The van der Waals surface area contributed by atoms with Gasteiger partial charge in [0, 0.05) is 37.8 Å². The van der Waals surface area contributed by atoms with Crippen molar-refractivity contribution in [2.75, 3.05) is 31.9 Å². The van der Waals surface area contributed by atoms with Gasteiger partial charge in [0.05, 0.1) is 6.42 Å². The van der Waals surface area contributed by atoms with Gasteiger partial charge in [0.15, 0.2) is 0 Å². The van der Waals surface area contributed by atoms with Gasteiger partial charge < -0.3 is 15.5 Å². The fraction of sp³-hybridized carbons (Fsp3) is 0.600. The van der Waals surface area contributed by atoms with Crippen LogP contribution in [0.4, 0.5) is 5.69 Å². The molecule has 1 aromatic carbocycles. The Kier molecular flexibility index (Phi) is 7.33. The van der Waals surface area contributed by atoms with E-state index in [0.29, 0.717) is 37.0 Å². The van der Waals surface area contributed by atoms with Crippen molar-refractivity contribution in [1.82, 2.24) is 9.80 Å². The minimum absolute atomic E-state index is 0. The van der Waals surface area contributed by atoms with Crippen molar-refractivity contribution in [3.8, 4) is 0 Å². The molecule has 2 saturated heterocycles. The molecule has 0 bridgehead atoms. The van der Waals surface area contributed by atoms with Gasteiger partial charge in [0.2, 0.25) is 11.8 Å². The molecule has 2 aliphatic rings. The first-order valence-electron chi connectivity index (χ1n) is 9.44. The molecule has 26 heavy (non-hydrogen) atoms. The van der Waals surface area contributed by atoms with E-state index in [1.54, 1.807) is 0 Å². The van der Waals surface area contributed by atoms with E-state index in [1.165, 1.54) is 6.42 Å². The molecule has 1 aromatic rings. The van der Waals surface area contributed by atoms with Gasteiger partial charge >= 0.3 is 0 Å². The van der Waals surface area contributed by atoms with Crippen molar-refractivity contribution >= 4 is 29.9 Å². The average molecular weight is 380 g/mol. The third-order valence-electron chi connectivity index (χ3n) is 5.50.